The van der Waals surface area contributed by atoms with E-state index in [4.69, 9.17) is 11.6 Å². The van der Waals surface area contributed by atoms with E-state index in [2.05, 4.69) is 18.9 Å². The van der Waals surface area contributed by atoms with E-state index in [0.717, 1.165) is 5.56 Å². The first-order valence-electron chi connectivity index (χ1n) is 9.50. The molecule has 1 saturated heterocycles. The average molecular weight is 388 g/mol. The number of nitrogens with zero attached hydrogens (tertiary/aromatic N) is 3. The maximum absolute atomic E-state index is 13.0. The molecule has 6 heteroatoms. The minimum absolute atomic E-state index is 0.0308. The van der Waals surface area contributed by atoms with Crippen molar-refractivity contribution < 1.29 is 9.59 Å². The predicted molar refractivity (Wildman–Crippen MR) is 106 cm³/mol. The summed E-state index contributed by atoms with van der Waals surface area (Å²) in [6, 6.07) is 9.37. The number of hydrogen-bond acceptors (Lipinski definition) is 3. The molecule has 0 radical (unpaired) electrons. The van der Waals surface area contributed by atoms with Crippen molar-refractivity contribution in [3.63, 3.8) is 0 Å². The Morgan fingerprint density at radius 1 is 1.19 bits per heavy atom. The molecule has 3 rings (SSSR count). The first-order valence-corrected chi connectivity index (χ1v) is 9.87. The summed E-state index contributed by atoms with van der Waals surface area (Å²) in [4.78, 5) is 27.4. The molecule has 0 saturated carbocycles. The summed E-state index contributed by atoms with van der Waals surface area (Å²) < 4.78 is 1.71. The molecule has 1 aromatic carbocycles. The molecule has 27 heavy (non-hydrogen) atoms. The fourth-order valence-electron chi connectivity index (χ4n) is 3.60. The van der Waals surface area contributed by atoms with Gasteiger partial charge < -0.3 is 4.90 Å². The SMILES string of the molecule is Cc1nn(CC(C)C)c(Cl)c1C(=O)N1CCC(C(=O)c2ccccc2)CC1. The van der Waals surface area contributed by atoms with Crippen molar-refractivity contribution >= 4 is 23.3 Å². The third-order valence-corrected chi connectivity index (χ3v) is 5.41. The van der Waals surface area contributed by atoms with Gasteiger partial charge in [0.15, 0.2) is 5.78 Å². The maximum atomic E-state index is 13.0. The van der Waals surface area contributed by atoms with Gasteiger partial charge in [0.05, 0.1) is 11.3 Å². The highest BCUT2D eigenvalue weighted by atomic mass is 35.5. The fourth-order valence-corrected chi connectivity index (χ4v) is 3.93. The number of carbonyl (C=O) groups is 2. The Morgan fingerprint density at radius 3 is 2.41 bits per heavy atom. The quantitative estimate of drug-likeness (QED) is 0.721. The zero-order chi connectivity index (χ0) is 19.6. The topological polar surface area (TPSA) is 55.2 Å². The molecule has 1 aromatic heterocycles. The molecule has 1 aliphatic rings. The summed E-state index contributed by atoms with van der Waals surface area (Å²) in [6.07, 6.45) is 1.35. The molecule has 0 spiro atoms. The summed E-state index contributed by atoms with van der Waals surface area (Å²) in [6.45, 7) is 7.80. The maximum Gasteiger partial charge on any atom is 0.258 e. The average Bonchev–Trinajstić information content (AvgIpc) is 2.94. The number of likely N-dealkylation sites (tertiary alicyclic amines) is 1. The van der Waals surface area contributed by atoms with Gasteiger partial charge in [0.2, 0.25) is 0 Å². The van der Waals surface area contributed by atoms with E-state index in [0.29, 0.717) is 54.8 Å². The second kappa shape index (κ2) is 8.26. The molecule has 0 aliphatic carbocycles. The minimum atomic E-state index is -0.0851. The van der Waals surface area contributed by atoms with Gasteiger partial charge in [-0.2, -0.15) is 5.10 Å². The van der Waals surface area contributed by atoms with Gasteiger partial charge in [0.1, 0.15) is 5.15 Å². The van der Waals surface area contributed by atoms with Crippen LogP contribution in [0.5, 0.6) is 0 Å². The molecule has 2 aromatic rings. The second-order valence-corrected chi connectivity index (χ2v) is 7.98. The molecular formula is C21H26ClN3O2. The Balaban J connectivity index is 1.67. The number of amides is 1. The van der Waals surface area contributed by atoms with Crippen LogP contribution < -0.4 is 0 Å². The van der Waals surface area contributed by atoms with Crippen molar-refractivity contribution in [2.24, 2.45) is 11.8 Å². The smallest absolute Gasteiger partial charge is 0.258 e. The van der Waals surface area contributed by atoms with Gasteiger partial charge in [-0.1, -0.05) is 55.8 Å². The molecule has 1 fully saturated rings. The van der Waals surface area contributed by atoms with Crippen LogP contribution in [0.1, 0.15) is 53.1 Å². The van der Waals surface area contributed by atoms with Crippen LogP contribution in [-0.2, 0) is 6.54 Å². The van der Waals surface area contributed by atoms with Crippen molar-refractivity contribution in [2.75, 3.05) is 13.1 Å². The van der Waals surface area contributed by atoms with Crippen LogP contribution in [0, 0.1) is 18.8 Å². The van der Waals surface area contributed by atoms with Crippen molar-refractivity contribution in [1.82, 2.24) is 14.7 Å². The lowest BCUT2D eigenvalue weighted by Gasteiger charge is -2.31. The Morgan fingerprint density at radius 2 is 1.81 bits per heavy atom. The fraction of sp³-hybridized carbons (Fsp3) is 0.476. The van der Waals surface area contributed by atoms with Crippen molar-refractivity contribution in [3.8, 4) is 0 Å². The number of piperidine rings is 1. The molecule has 1 aliphatic heterocycles. The molecule has 5 nitrogen and oxygen atoms in total. The monoisotopic (exact) mass is 387 g/mol. The van der Waals surface area contributed by atoms with E-state index >= 15 is 0 Å². The number of ketones is 1. The number of aromatic nitrogens is 2. The van der Waals surface area contributed by atoms with Crippen LogP contribution in [0.15, 0.2) is 30.3 Å². The van der Waals surface area contributed by atoms with Crippen LogP contribution in [-0.4, -0.2) is 39.5 Å². The number of hydrogen-bond donors (Lipinski definition) is 0. The van der Waals surface area contributed by atoms with E-state index in [-0.39, 0.29) is 17.6 Å². The zero-order valence-electron chi connectivity index (χ0n) is 16.1. The van der Waals surface area contributed by atoms with E-state index in [9.17, 15) is 9.59 Å². The van der Waals surface area contributed by atoms with E-state index in [1.807, 2.05) is 37.3 Å². The molecule has 2 heterocycles. The van der Waals surface area contributed by atoms with Gasteiger partial charge in [-0.3, -0.25) is 14.3 Å². The van der Waals surface area contributed by atoms with E-state index in [1.165, 1.54) is 0 Å². The van der Waals surface area contributed by atoms with Crippen molar-refractivity contribution in [1.29, 1.82) is 0 Å². The number of aryl methyl sites for hydroxylation is 1. The van der Waals surface area contributed by atoms with Crippen LogP contribution in [0.25, 0.3) is 0 Å². The van der Waals surface area contributed by atoms with E-state index in [1.54, 1.807) is 9.58 Å². The van der Waals surface area contributed by atoms with Gasteiger partial charge >= 0.3 is 0 Å². The molecule has 0 unspecified atom stereocenters. The Hall–Kier alpha value is -2.14. The standard InChI is InChI=1S/C21H26ClN3O2/c1-14(2)13-25-20(22)18(15(3)23-25)21(27)24-11-9-17(10-12-24)19(26)16-7-5-4-6-8-16/h4-8,14,17H,9-13H2,1-3H3. The molecule has 1 amide bonds. The summed E-state index contributed by atoms with van der Waals surface area (Å²) in [7, 11) is 0. The van der Waals surface area contributed by atoms with Crippen LogP contribution in [0.3, 0.4) is 0 Å². The first-order chi connectivity index (χ1) is 12.9. The molecule has 0 atom stereocenters. The lowest BCUT2D eigenvalue weighted by Crippen LogP contribution is -2.40. The second-order valence-electron chi connectivity index (χ2n) is 7.62. The molecule has 0 N–H and O–H groups in total. The van der Waals surface area contributed by atoms with Gasteiger partial charge in [-0.15, -0.1) is 0 Å². The van der Waals surface area contributed by atoms with Gasteiger partial charge in [-0.25, -0.2) is 0 Å². The predicted octanol–water partition coefficient (Wildman–Crippen LogP) is 4.24. The summed E-state index contributed by atoms with van der Waals surface area (Å²) in [5, 5.41) is 4.84. The van der Waals surface area contributed by atoms with Crippen LogP contribution in [0.2, 0.25) is 5.15 Å². The minimum Gasteiger partial charge on any atom is -0.338 e. The van der Waals surface area contributed by atoms with E-state index < -0.39 is 0 Å². The van der Waals surface area contributed by atoms with Gasteiger partial charge in [0, 0.05) is 31.1 Å². The van der Waals surface area contributed by atoms with Gasteiger partial charge in [-0.05, 0) is 25.7 Å². The first kappa shape index (κ1) is 19.6. The summed E-state index contributed by atoms with van der Waals surface area (Å²) in [5.41, 5.74) is 1.90. The zero-order valence-corrected chi connectivity index (χ0v) is 16.9. The molecule has 0 bridgehead atoms. The largest absolute Gasteiger partial charge is 0.338 e. The molecule has 144 valence electrons. The number of carbonyl (C=O) groups excluding carboxylic acids is 2. The van der Waals surface area contributed by atoms with Crippen LogP contribution >= 0.6 is 11.6 Å². The highest BCUT2D eigenvalue weighted by Crippen LogP contribution is 2.27. The number of rotatable bonds is 5. The third kappa shape index (κ3) is 4.24. The van der Waals surface area contributed by atoms with Crippen molar-refractivity contribution in [3.05, 3.63) is 52.3 Å². The number of benzene rings is 1. The summed E-state index contributed by atoms with van der Waals surface area (Å²) in [5.74, 6) is 0.445. The van der Waals surface area contributed by atoms with Gasteiger partial charge in [0.25, 0.3) is 5.91 Å². The highest BCUT2D eigenvalue weighted by Gasteiger charge is 2.31. The Labute approximate surface area is 165 Å². The van der Waals surface area contributed by atoms with Crippen molar-refractivity contribution in [2.45, 2.75) is 40.2 Å². The van der Waals surface area contributed by atoms with Crippen LogP contribution in [0.4, 0.5) is 0 Å². The molecular weight excluding hydrogens is 362 g/mol. The number of halogens is 1. The normalized spacial score (nSPS) is 15.4. The lowest BCUT2D eigenvalue weighted by molar-refractivity contribution is 0.0649. The summed E-state index contributed by atoms with van der Waals surface area (Å²) >= 11 is 6.45. The Kier molecular flexibility index (Phi) is 6.00. The highest BCUT2D eigenvalue weighted by molar-refractivity contribution is 6.33. The third-order valence-electron chi connectivity index (χ3n) is 5.03. The lowest BCUT2D eigenvalue weighted by atomic mass is 9.88. The Bertz CT molecular complexity index is 821. The number of Topliss-reactive ketones (excluding diaryl/α,β-unsaturated/α-hetero) is 1.